The lowest BCUT2D eigenvalue weighted by Gasteiger charge is -2.37. The normalized spacial score (nSPS) is 22.7. The van der Waals surface area contributed by atoms with Gasteiger partial charge < -0.3 is 5.73 Å². The van der Waals surface area contributed by atoms with Crippen molar-refractivity contribution in [1.29, 1.82) is 0 Å². The SMILES string of the molecule is CC(C)(C)C1CCC(c2cccc(-c3cn[nH]c3N)c2)CC1. The fraction of sp³-hybridized carbons (Fsp3) is 0.526. The molecule has 1 saturated carbocycles. The van der Waals surface area contributed by atoms with E-state index < -0.39 is 0 Å². The van der Waals surface area contributed by atoms with Crippen LogP contribution < -0.4 is 5.73 Å². The first-order valence-electron chi connectivity index (χ1n) is 8.34. The quantitative estimate of drug-likeness (QED) is 0.821. The van der Waals surface area contributed by atoms with Crippen LogP contribution in [0.5, 0.6) is 0 Å². The van der Waals surface area contributed by atoms with Crippen molar-refractivity contribution in [2.45, 2.75) is 52.4 Å². The van der Waals surface area contributed by atoms with Crippen LogP contribution in [0.4, 0.5) is 5.82 Å². The molecule has 1 aliphatic rings. The summed E-state index contributed by atoms with van der Waals surface area (Å²) in [5.74, 6) is 2.19. The van der Waals surface area contributed by atoms with E-state index in [4.69, 9.17) is 5.73 Å². The van der Waals surface area contributed by atoms with Crippen LogP contribution in [0.3, 0.4) is 0 Å². The van der Waals surface area contributed by atoms with Crippen molar-refractivity contribution < 1.29 is 0 Å². The molecule has 1 aliphatic carbocycles. The summed E-state index contributed by atoms with van der Waals surface area (Å²) in [5.41, 5.74) is 10.0. The molecule has 118 valence electrons. The molecule has 0 atom stereocenters. The van der Waals surface area contributed by atoms with Gasteiger partial charge in [-0.25, -0.2) is 0 Å². The number of anilines is 1. The third-order valence-corrected chi connectivity index (χ3v) is 5.29. The van der Waals surface area contributed by atoms with Crippen molar-refractivity contribution in [3.63, 3.8) is 0 Å². The molecule has 1 aromatic carbocycles. The van der Waals surface area contributed by atoms with Gasteiger partial charge in [0.1, 0.15) is 5.82 Å². The van der Waals surface area contributed by atoms with E-state index in [9.17, 15) is 0 Å². The van der Waals surface area contributed by atoms with E-state index in [1.807, 2.05) is 6.20 Å². The zero-order valence-electron chi connectivity index (χ0n) is 13.9. The molecule has 0 spiro atoms. The van der Waals surface area contributed by atoms with E-state index >= 15 is 0 Å². The Bertz CT molecular complexity index is 628. The molecule has 1 heterocycles. The van der Waals surface area contributed by atoms with Gasteiger partial charge in [0.25, 0.3) is 0 Å². The van der Waals surface area contributed by atoms with Gasteiger partial charge in [-0.1, -0.05) is 45.0 Å². The molecular weight excluding hydrogens is 270 g/mol. The van der Waals surface area contributed by atoms with E-state index in [0.29, 0.717) is 17.2 Å². The third kappa shape index (κ3) is 3.03. The molecule has 1 aromatic heterocycles. The monoisotopic (exact) mass is 297 g/mol. The van der Waals surface area contributed by atoms with E-state index in [1.54, 1.807) is 0 Å². The summed E-state index contributed by atoms with van der Waals surface area (Å²) in [4.78, 5) is 0. The van der Waals surface area contributed by atoms with Crippen molar-refractivity contribution >= 4 is 5.82 Å². The van der Waals surface area contributed by atoms with Crippen LogP contribution in [0, 0.1) is 11.3 Å². The van der Waals surface area contributed by atoms with Gasteiger partial charge in [-0.15, -0.1) is 0 Å². The number of nitrogens with one attached hydrogen (secondary N) is 1. The topological polar surface area (TPSA) is 54.7 Å². The Morgan fingerprint density at radius 1 is 1.14 bits per heavy atom. The van der Waals surface area contributed by atoms with Crippen LogP contribution in [-0.4, -0.2) is 10.2 Å². The van der Waals surface area contributed by atoms with Crippen molar-refractivity contribution in [2.24, 2.45) is 11.3 Å². The predicted molar refractivity (Wildman–Crippen MR) is 92.6 cm³/mol. The van der Waals surface area contributed by atoms with Gasteiger partial charge in [-0.3, -0.25) is 5.10 Å². The molecule has 1 fully saturated rings. The Labute approximate surface area is 133 Å². The number of H-pyrrole nitrogens is 1. The molecule has 0 amide bonds. The lowest BCUT2D eigenvalue weighted by atomic mass is 9.68. The highest BCUT2D eigenvalue weighted by Crippen LogP contribution is 2.43. The maximum Gasteiger partial charge on any atom is 0.126 e. The summed E-state index contributed by atoms with van der Waals surface area (Å²) < 4.78 is 0. The second kappa shape index (κ2) is 5.79. The summed E-state index contributed by atoms with van der Waals surface area (Å²) >= 11 is 0. The van der Waals surface area contributed by atoms with Gasteiger partial charge in [0.2, 0.25) is 0 Å². The predicted octanol–water partition coefficient (Wildman–Crippen LogP) is 4.98. The van der Waals surface area contributed by atoms with E-state index in [-0.39, 0.29) is 0 Å². The second-order valence-corrected chi connectivity index (χ2v) is 7.74. The van der Waals surface area contributed by atoms with E-state index in [1.165, 1.54) is 36.8 Å². The number of rotatable bonds is 2. The number of nitrogens with zero attached hydrogens (tertiary/aromatic N) is 1. The number of nitrogens with two attached hydrogens (primary N) is 1. The summed E-state index contributed by atoms with van der Waals surface area (Å²) in [7, 11) is 0. The van der Waals surface area contributed by atoms with Crippen molar-refractivity contribution in [3.05, 3.63) is 36.0 Å². The zero-order chi connectivity index (χ0) is 15.7. The number of nitrogen functional groups attached to an aromatic ring is 1. The minimum Gasteiger partial charge on any atom is -0.384 e. The fourth-order valence-corrected chi connectivity index (χ4v) is 3.78. The van der Waals surface area contributed by atoms with Gasteiger partial charge in [0.05, 0.1) is 6.20 Å². The highest BCUT2D eigenvalue weighted by Gasteiger charge is 2.30. The molecular formula is C19H27N3. The molecule has 0 radical (unpaired) electrons. The van der Waals surface area contributed by atoms with Gasteiger partial charge in [0.15, 0.2) is 0 Å². The van der Waals surface area contributed by atoms with E-state index in [2.05, 4.69) is 55.2 Å². The van der Waals surface area contributed by atoms with Crippen LogP contribution in [0.15, 0.2) is 30.5 Å². The number of benzene rings is 1. The summed E-state index contributed by atoms with van der Waals surface area (Å²) in [6.45, 7) is 7.13. The van der Waals surface area contributed by atoms with Crippen LogP contribution in [0.25, 0.3) is 11.1 Å². The largest absolute Gasteiger partial charge is 0.384 e. The highest BCUT2D eigenvalue weighted by molar-refractivity contribution is 5.73. The number of aromatic nitrogens is 2. The molecule has 0 aliphatic heterocycles. The Balaban J connectivity index is 1.76. The first-order valence-corrected chi connectivity index (χ1v) is 8.34. The van der Waals surface area contributed by atoms with Crippen molar-refractivity contribution in [3.8, 4) is 11.1 Å². The molecule has 2 aromatic rings. The minimum atomic E-state index is 0.443. The smallest absolute Gasteiger partial charge is 0.126 e. The minimum absolute atomic E-state index is 0.443. The molecule has 0 bridgehead atoms. The Hall–Kier alpha value is -1.77. The highest BCUT2D eigenvalue weighted by atomic mass is 15.1. The summed E-state index contributed by atoms with van der Waals surface area (Å²) in [5, 5.41) is 6.84. The lowest BCUT2D eigenvalue weighted by molar-refractivity contribution is 0.169. The summed E-state index contributed by atoms with van der Waals surface area (Å²) in [6.07, 6.45) is 7.09. The maximum absolute atomic E-state index is 5.95. The van der Waals surface area contributed by atoms with E-state index in [0.717, 1.165) is 11.5 Å². The van der Waals surface area contributed by atoms with Crippen LogP contribution in [-0.2, 0) is 0 Å². The van der Waals surface area contributed by atoms with Crippen LogP contribution in [0.1, 0.15) is 57.9 Å². The van der Waals surface area contributed by atoms with Crippen molar-refractivity contribution in [1.82, 2.24) is 10.2 Å². The molecule has 3 rings (SSSR count). The lowest BCUT2D eigenvalue weighted by Crippen LogP contribution is -2.25. The molecule has 3 heteroatoms. The Morgan fingerprint density at radius 2 is 1.86 bits per heavy atom. The van der Waals surface area contributed by atoms with Crippen molar-refractivity contribution in [2.75, 3.05) is 5.73 Å². The first kappa shape index (κ1) is 15.1. The third-order valence-electron chi connectivity index (χ3n) is 5.29. The molecule has 3 N–H and O–H groups in total. The number of hydrogen-bond acceptors (Lipinski definition) is 2. The fourth-order valence-electron chi connectivity index (χ4n) is 3.78. The molecule has 22 heavy (non-hydrogen) atoms. The first-order chi connectivity index (χ1) is 10.4. The average molecular weight is 297 g/mol. The average Bonchev–Trinajstić information content (AvgIpc) is 2.93. The Kier molecular flexibility index (Phi) is 3.98. The van der Waals surface area contributed by atoms with Gasteiger partial charge in [-0.05, 0) is 54.1 Å². The Morgan fingerprint density at radius 3 is 2.45 bits per heavy atom. The molecule has 3 nitrogen and oxygen atoms in total. The van der Waals surface area contributed by atoms with Gasteiger partial charge in [0, 0.05) is 5.56 Å². The summed E-state index contributed by atoms with van der Waals surface area (Å²) in [6, 6.07) is 8.82. The van der Waals surface area contributed by atoms with Crippen LogP contribution >= 0.6 is 0 Å². The second-order valence-electron chi connectivity index (χ2n) is 7.74. The standard InChI is InChI=1S/C19H27N3/c1-19(2,3)16-9-7-13(8-10-16)14-5-4-6-15(11-14)17-12-21-22-18(17)20/h4-6,11-13,16H,7-10H2,1-3H3,(H3,20,21,22). The zero-order valence-corrected chi connectivity index (χ0v) is 13.9. The molecule has 0 saturated heterocycles. The number of aromatic amines is 1. The number of hydrogen-bond donors (Lipinski definition) is 2. The maximum atomic E-state index is 5.95. The molecule has 0 unspecified atom stereocenters. The van der Waals surface area contributed by atoms with Gasteiger partial charge >= 0.3 is 0 Å². The van der Waals surface area contributed by atoms with Gasteiger partial charge in [-0.2, -0.15) is 5.10 Å². The van der Waals surface area contributed by atoms with Crippen LogP contribution in [0.2, 0.25) is 0 Å².